The van der Waals surface area contributed by atoms with Crippen LogP contribution in [0.4, 0.5) is 0 Å². The molecule has 1 N–H and O–H groups in total. The summed E-state index contributed by atoms with van der Waals surface area (Å²) in [5.41, 5.74) is 0.453. The van der Waals surface area contributed by atoms with Crippen LogP contribution in [0.1, 0.15) is 52.4 Å². The molecule has 2 heterocycles. The smallest absolute Gasteiger partial charge is 0.0309 e. The first-order chi connectivity index (χ1) is 10.1. The fraction of sp³-hybridized carbons (Fsp3) is 1.00. The van der Waals surface area contributed by atoms with Crippen LogP contribution in [-0.2, 0) is 0 Å². The topological polar surface area (TPSA) is 18.5 Å². The molecule has 122 valence electrons. The van der Waals surface area contributed by atoms with Crippen LogP contribution in [0.15, 0.2) is 0 Å². The first-order valence-electron chi connectivity index (χ1n) is 9.26. The molecule has 0 aromatic carbocycles. The van der Waals surface area contributed by atoms with Crippen LogP contribution in [0.2, 0.25) is 0 Å². The quantitative estimate of drug-likeness (QED) is 0.863. The van der Waals surface area contributed by atoms with Gasteiger partial charge in [-0.25, -0.2) is 0 Å². The minimum atomic E-state index is 0.453. The average molecular weight is 293 g/mol. The molecule has 3 aliphatic rings. The molecular formula is C18H35N3. The van der Waals surface area contributed by atoms with Gasteiger partial charge in [0.2, 0.25) is 0 Å². The second-order valence-electron chi connectivity index (χ2n) is 8.38. The number of hydrogen-bond donors (Lipinski definition) is 1. The predicted molar refractivity (Wildman–Crippen MR) is 89.6 cm³/mol. The van der Waals surface area contributed by atoms with Gasteiger partial charge in [0.15, 0.2) is 0 Å². The van der Waals surface area contributed by atoms with Crippen LogP contribution in [0.3, 0.4) is 0 Å². The molecule has 2 aliphatic heterocycles. The predicted octanol–water partition coefficient (Wildman–Crippen LogP) is 2.57. The molecule has 3 nitrogen and oxygen atoms in total. The fourth-order valence-electron chi connectivity index (χ4n) is 4.94. The first kappa shape index (κ1) is 15.8. The number of likely N-dealkylation sites (tertiary alicyclic amines) is 1. The van der Waals surface area contributed by atoms with Crippen molar-refractivity contribution in [3.8, 4) is 0 Å². The maximum Gasteiger partial charge on any atom is 0.0309 e. The molecule has 1 aliphatic carbocycles. The third kappa shape index (κ3) is 3.62. The van der Waals surface area contributed by atoms with Gasteiger partial charge in [-0.2, -0.15) is 0 Å². The van der Waals surface area contributed by atoms with Gasteiger partial charge in [0.1, 0.15) is 0 Å². The molecule has 3 rings (SSSR count). The van der Waals surface area contributed by atoms with E-state index < -0.39 is 0 Å². The van der Waals surface area contributed by atoms with Crippen LogP contribution in [0.5, 0.6) is 0 Å². The van der Waals surface area contributed by atoms with Gasteiger partial charge in [-0.15, -0.1) is 0 Å². The molecule has 0 amide bonds. The van der Waals surface area contributed by atoms with Crippen molar-refractivity contribution in [2.75, 3.05) is 39.8 Å². The van der Waals surface area contributed by atoms with Crippen molar-refractivity contribution in [3.05, 3.63) is 0 Å². The van der Waals surface area contributed by atoms with Gasteiger partial charge in [0, 0.05) is 37.8 Å². The van der Waals surface area contributed by atoms with E-state index in [9.17, 15) is 0 Å². The maximum atomic E-state index is 3.98. The molecule has 2 atom stereocenters. The molecule has 2 saturated heterocycles. The summed E-state index contributed by atoms with van der Waals surface area (Å²) in [6.07, 6.45) is 8.51. The number of nitrogens with one attached hydrogen (secondary N) is 1. The summed E-state index contributed by atoms with van der Waals surface area (Å²) in [4.78, 5) is 5.38. The minimum Gasteiger partial charge on any atom is -0.308 e. The molecule has 2 unspecified atom stereocenters. The average Bonchev–Trinajstić information content (AvgIpc) is 2.85. The summed E-state index contributed by atoms with van der Waals surface area (Å²) in [6, 6.07) is 0.739. The zero-order chi connectivity index (χ0) is 14.9. The molecule has 0 radical (unpaired) electrons. The normalized spacial score (nSPS) is 34.9. The number of nitrogens with zero attached hydrogens (tertiary/aromatic N) is 2. The van der Waals surface area contributed by atoms with Gasteiger partial charge < -0.3 is 10.2 Å². The van der Waals surface area contributed by atoms with E-state index in [2.05, 4.69) is 36.0 Å². The molecule has 0 bridgehead atoms. The molecule has 3 fully saturated rings. The number of rotatable bonds is 3. The Morgan fingerprint density at radius 2 is 1.95 bits per heavy atom. The Hall–Kier alpha value is -0.120. The van der Waals surface area contributed by atoms with E-state index in [-0.39, 0.29) is 0 Å². The standard InChI is InChI=1S/C18H35N3/c1-15(2)17-11-19-18(8-5-4-6-9-18)14-21(17)13-16-7-10-20(3)12-16/h15-17,19H,4-14H2,1-3H3. The lowest BCUT2D eigenvalue weighted by Crippen LogP contribution is -2.66. The van der Waals surface area contributed by atoms with Crippen molar-refractivity contribution in [3.63, 3.8) is 0 Å². The SMILES string of the molecule is CC(C)C1CNC2(CCCCC2)CN1CC1CCN(C)C1. The van der Waals surface area contributed by atoms with E-state index in [1.54, 1.807) is 0 Å². The van der Waals surface area contributed by atoms with Gasteiger partial charge in [-0.1, -0.05) is 33.1 Å². The zero-order valence-electron chi connectivity index (χ0n) is 14.4. The highest BCUT2D eigenvalue weighted by atomic mass is 15.3. The van der Waals surface area contributed by atoms with E-state index in [1.807, 2.05) is 0 Å². The summed E-state index contributed by atoms with van der Waals surface area (Å²) in [6.45, 7) is 11.3. The van der Waals surface area contributed by atoms with E-state index in [4.69, 9.17) is 0 Å². The second-order valence-corrected chi connectivity index (χ2v) is 8.38. The first-order valence-corrected chi connectivity index (χ1v) is 9.26. The van der Waals surface area contributed by atoms with E-state index in [0.717, 1.165) is 17.9 Å². The lowest BCUT2D eigenvalue weighted by Gasteiger charge is -2.51. The lowest BCUT2D eigenvalue weighted by molar-refractivity contribution is 0.0268. The molecule has 1 spiro atoms. The lowest BCUT2D eigenvalue weighted by atomic mass is 9.78. The fourth-order valence-corrected chi connectivity index (χ4v) is 4.94. The van der Waals surface area contributed by atoms with Gasteiger partial charge >= 0.3 is 0 Å². The van der Waals surface area contributed by atoms with Crippen molar-refractivity contribution in [1.82, 2.24) is 15.1 Å². The Bertz CT molecular complexity index is 335. The largest absolute Gasteiger partial charge is 0.308 e. The summed E-state index contributed by atoms with van der Waals surface area (Å²) >= 11 is 0. The zero-order valence-corrected chi connectivity index (χ0v) is 14.4. The van der Waals surface area contributed by atoms with Crippen molar-refractivity contribution in [2.24, 2.45) is 11.8 Å². The molecule has 0 aromatic heterocycles. The maximum absolute atomic E-state index is 3.98. The highest BCUT2D eigenvalue weighted by Gasteiger charge is 2.41. The van der Waals surface area contributed by atoms with Crippen molar-refractivity contribution in [2.45, 2.75) is 64.0 Å². The van der Waals surface area contributed by atoms with E-state index in [0.29, 0.717) is 5.54 Å². The van der Waals surface area contributed by atoms with Crippen LogP contribution >= 0.6 is 0 Å². The molecular weight excluding hydrogens is 258 g/mol. The number of hydrogen-bond acceptors (Lipinski definition) is 3. The number of piperazine rings is 1. The summed E-state index contributed by atoms with van der Waals surface area (Å²) in [5, 5.41) is 3.98. The van der Waals surface area contributed by atoms with E-state index in [1.165, 1.54) is 71.2 Å². The van der Waals surface area contributed by atoms with Gasteiger partial charge in [-0.3, -0.25) is 4.90 Å². The third-order valence-corrected chi connectivity index (χ3v) is 6.22. The second kappa shape index (κ2) is 6.55. The van der Waals surface area contributed by atoms with Crippen LogP contribution in [0, 0.1) is 11.8 Å². The highest BCUT2D eigenvalue weighted by molar-refractivity contribution is 5.01. The van der Waals surface area contributed by atoms with Crippen LogP contribution < -0.4 is 5.32 Å². The Kier molecular flexibility index (Phi) is 4.92. The van der Waals surface area contributed by atoms with E-state index >= 15 is 0 Å². The Morgan fingerprint density at radius 1 is 1.19 bits per heavy atom. The van der Waals surface area contributed by atoms with Crippen LogP contribution in [-0.4, -0.2) is 61.2 Å². The molecule has 3 heteroatoms. The molecule has 0 aromatic rings. The van der Waals surface area contributed by atoms with Crippen molar-refractivity contribution < 1.29 is 0 Å². The molecule has 1 saturated carbocycles. The van der Waals surface area contributed by atoms with Gasteiger partial charge in [0.25, 0.3) is 0 Å². The monoisotopic (exact) mass is 293 g/mol. The van der Waals surface area contributed by atoms with Crippen LogP contribution in [0.25, 0.3) is 0 Å². The minimum absolute atomic E-state index is 0.453. The van der Waals surface area contributed by atoms with Crippen molar-refractivity contribution in [1.29, 1.82) is 0 Å². The van der Waals surface area contributed by atoms with Gasteiger partial charge in [-0.05, 0) is 44.7 Å². The summed E-state index contributed by atoms with van der Waals surface area (Å²) in [5.74, 6) is 1.66. The Balaban J connectivity index is 1.66. The summed E-state index contributed by atoms with van der Waals surface area (Å²) < 4.78 is 0. The summed E-state index contributed by atoms with van der Waals surface area (Å²) in [7, 11) is 2.28. The Morgan fingerprint density at radius 3 is 2.57 bits per heavy atom. The Labute approximate surface area is 131 Å². The highest BCUT2D eigenvalue weighted by Crippen LogP contribution is 2.33. The molecule has 21 heavy (non-hydrogen) atoms. The van der Waals surface area contributed by atoms with Gasteiger partial charge in [0.05, 0.1) is 0 Å². The van der Waals surface area contributed by atoms with Crippen molar-refractivity contribution >= 4 is 0 Å². The third-order valence-electron chi connectivity index (χ3n) is 6.22.